The molecule has 0 unspecified atom stereocenters. The van der Waals surface area contributed by atoms with Crippen molar-refractivity contribution in [3.63, 3.8) is 0 Å². The first-order valence-electron chi connectivity index (χ1n) is 10.6. The molecule has 1 saturated heterocycles. The van der Waals surface area contributed by atoms with Gasteiger partial charge in [0.25, 0.3) is 0 Å². The quantitative estimate of drug-likeness (QED) is 0.595. The lowest BCUT2D eigenvalue weighted by Crippen LogP contribution is -2.38. The summed E-state index contributed by atoms with van der Waals surface area (Å²) in [5.41, 5.74) is 5.24. The summed E-state index contributed by atoms with van der Waals surface area (Å²) in [5, 5.41) is 7.91. The van der Waals surface area contributed by atoms with Crippen LogP contribution in [0.4, 0.5) is 5.69 Å². The van der Waals surface area contributed by atoms with Crippen LogP contribution in [0.15, 0.2) is 40.9 Å². The molecule has 1 amide bonds. The number of hydrogen-bond donors (Lipinski definition) is 1. The van der Waals surface area contributed by atoms with Crippen molar-refractivity contribution in [1.82, 2.24) is 15.0 Å². The highest BCUT2D eigenvalue weighted by Gasteiger charge is 2.26. The Labute approximate surface area is 187 Å². The van der Waals surface area contributed by atoms with Crippen LogP contribution >= 0.6 is 11.6 Å². The zero-order valence-corrected chi connectivity index (χ0v) is 18.9. The van der Waals surface area contributed by atoms with Crippen LogP contribution in [-0.2, 0) is 11.3 Å². The smallest absolute Gasteiger partial charge is 0.241 e. The zero-order chi connectivity index (χ0) is 22.0. The Morgan fingerprint density at radius 1 is 1.13 bits per heavy atom. The van der Waals surface area contributed by atoms with Gasteiger partial charge in [-0.2, -0.15) is 4.98 Å². The van der Waals surface area contributed by atoms with Crippen molar-refractivity contribution in [1.29, 1.82) is 0 Å². The van der Waals surface area contributed by atoms with Crippen LogP contribution in [0, 0.1) is 26.7 Å². The first-order chi connectivity index (χ1) is 14.9. The minimum atomic E-state index is 0.0173. The molecule has 1 aliphatic heterocycles. The average molecular weight is 439 g/mol. The Morgan fingerprint density at radius 3 is 2.42 bits per heavy atom. The van der Waals surface area contributed by atoms with Gasteiger partial charge in [0.2, 0.25) is 17.6 Å². The molecule has 0 bridgehead atoms. The molecule has 1 fully saturated rings. The monoisotopic (exact) mass is 438 g/mol. The van der Waals surface area contributed by atoms with E-state index >= 15 is 0 Å². The number of amides is 1. The van der Waals surface area contributed by atoms with Crippen LogP contribution in [-0.4, -0.2) is 34.0 Å². The van der Waals surface area contributed by atoms with E-state index in [0.29, 0.717) is 23.3 Å². The number of anilines is 1. The first kappa shape index (κ1) is 21.5. The number of nitrogens with one attached hydrogen (secondary N) is 1. The van der Waals surface area contributed by atoms with Gasteiger partial charge in [0.1, 0.15) is 0 Å². The Morgan fingerprint density at radius 2 is 1.77 bits per heavy atom. The fourth-order valence-corrected chi connectivity index (χ4v) is 4.31. The molecule has 4 rings (SSSR count). The Balaban J connectivity index is 1.31. The number of aromatic nitrogens is 2. The highest BCUT2D eigenvalue weighted by Crippen LogP contribution is 2.26. The van der Waals surface area contributed by atoms with Crippen LogP contribution in [0.1, 0.15) is 35.4 Å². The van der Waals surface area contributed by atoms with Crippen molar-refractivity contribution in [2.75, 3.05) is 18.4 Å². The lowest BCUT2D eigenvalue weighted by atomic mass is 9.95. The number of aryl methyl sites for hydroxylation is 3. The molecular weight excluding hydrogens is 412 g/mol. The number of likely N-dealkylation sites (tertiary alicyclic amines) is 1. The van der Waals surface area contributed by atoms with E-state index in [4.69, 9.17) is 16.1 Å². The topological polar surface area (TPSA) is 71.3 Å². The van der Waals surface area contributed by atoms with Gasteiger partial charge in [-0.3, -0.25) is 9.69 Å². The molecule has 0 radical (unpaired) electrons. The van der Waals surface area contributed by atoms with Crippen molar-refractivity contribution in [2.45, 2.75) is 40.2 Å². The molecule has 7 heteroatoms. The maximum Gasteiger partial charge on any atom is 0.241 e. The summed E-state index contributed by atoms with van der Waals surface area (Å²) in [6.07, 6.45) is 1.63. The van der Waals surface area contributed by atoms with Crippen molar-refractivity contribution in [3.05, 3.63) is 64.0 Å². The number of carbonyl (C=O) groups excluding carboxylic acids is 1. The van der Waals surface area contributed by atoms with E-state index < -0.39 is 0 Å². The summed E-state index contributed by atoms with van der Waals surface area (Å²) < 4.78 is 5.43. The third-order valence-electron chi connectivity index (χ3n) is 5.81. The fourth-order valence-electron chi connectivity index (χ4n) is 4.18. The molecule has 162 valence electrons. The van der Waals surface area contributed by atoms with Gasteiger partial charge in [0, 0.05) is 22.2 Å². The molecule has 0 aliphatic carbocycles. The number of hydrogen-bond acceptors (Lipinski definition) is 5. The van der Waals surface area contributed by atoms with E-state index in [1.165, 1.54) is 5.56 Å². The maximum absolute atomic E-state index is 12.8. The molecule has 31 heavy (non-hydrogen) atoms. The van der Waals surface area contributed by atoms with Crippen molar-refractivity contribution >= 4 is 23.2 Å². The van der Waals surface area contributed by atoms with E-state index in [0.717, 1.165) is 48.3 Å². The number of carbonyl (C=O) groups is 1. The predicted octanol–water partition coefficient (Wildman–Crippen LogP) is 5.17. The molecule has 0 saturated carbocycles. The zero-order valence-electron chi connectivity index (χ0n) is 18.1. The molecule has 2 aromatic carbocycles. The molecule has 6 nitrogen and oxygen atoms in total. The van der Waals surface area contributed by atoms with Gasteiger partial charge < -0.3 is 9.84 Å². The highest BCUT2D eigenvalue weighted by molar-refractivity contribution is 6.30. The molecule has 1 aromatic heterocycles. The van der Waals surface area contributed by atoms with Crippen LogP contribution in [0.2, 0.25) is 5.02 Å². The second-order valence-corrected chi connectivity index (χ2v) is 8.77. The van der Waals surface area contributed by atoms with Crippen molar-refractivity contribution in [2.24, 2.45) is 5.92 Å². The average Bonchev–Trinajstić information content (AvgIpc) is 3.20. The van der Waals surface area contributed by atoms with E-state index in [-0.39, 0.29) is 11.8 Å². The number of halogens is 1. The molecule has 3 aromatic rings. The van der Waals surface area contributed by atoms with Gasteiger partial charge in [-0.1, -0.05) is 34.5 Å². The summed E-state index contributed by atoms with van der Waals surface area (Å²) >= 11 is 5.93. The number of benzene rings is 2. The maximum atomic E-state index is 12.8. The summed E-state index contributed by atoms with van der Waals surface area (Å²) in [5.74, 6) is 1.27. The second-order valence-electron chi connectivity index (χ2n) is 8.33. The van der Waals surface area contributed by atoms with Crippen LogP contribution < -0.4 is 5.32 Å². The molecule has 2 heterocycles. The van der Waals surface area contributed by atoms with Crippen LogP contribution in [0.5, 0.6) is 0 Å². The van der Waals surface area contributed by atoms with Gasteiger partial charge in [-0.15, -0.1) is 0 Å². The minimum Gasteiger partial charge on any atom is -0.338 e. The minimum absolute atomic E-state index is 0.0173. The normalized spacial score (nSPS) is 15.2. The van der Waals surface area contributed by atoms with E-state index in [9.17, 15) is 4.79 Å². The van der Waals surface area contributed by atoms with E-state index in [1.54, 1.807) is 0 Å². The van der Waals surface area contributed by atoms with Crippen LogP contribution in [0.25, 0.3) is 11.4 Å². The molecule has 0 spiro atoms. The summed E-state index contributed by atoms with van der Waals surface area (Å²) in [6, 6.07) is 11.6. The van der Waals surface area contributed by atoms with Gasteiger partial charge in [-0.05, 0) is 82.1 Å². The first-order valence-corrected chi connectivity index (χ1v) is 11.0. The summed E-state index contributed by atoms with van der Waals surface area (Å²) in [6.45, 7) is 8.39. The molecule has 1 N–H and O–H groups in total. The Hall–Kier alpha value is -2.70. The standard InChI is InChI=1S/C24H27ClN4O2/c1-15-12-16(2)22(17(3)13-15)27-24(30)19-8-10-29(11-9-19)14-21-26-23(28-31-21)18-4-6-20(25)7-5-18/h4-7,12-13,19H,8-11,14H2,1-3H3,(H,27,30). The SMILES string of the molecule is Cc1cc(C)c(NC(=O)C2CCN(Cc3nc(-c4ccc(Cl)cc4)no3)CC2)c(C)c1. The van der Waals surface area contributed by atoms with Gasteiger partial charge in [0.05, 0.1) is 6.54 Å². The fraction of sp³-hybridized carbons (Fsp3) is 0.375. The van der Waals surface area contributed by atoms with E-state index in [1.807, 2.05) is 38.1 Å². The van der Waals surface area contributed by atoms with Gasteiger partial charge >= 0.3 is 0 Å². The Kier molecular flexibility index (Phi) is 6.39. The molecular formula is C24H27ClN4O2. The number of piperidine rings is 1. The van der Waals surface area contributed by atoms with E-state index in [2.05, 4.69) is 39.4 Å². The summed E-state index contributed by atoms with van der Waals surface area (Å²) in [4.78, 5) is 19.6. The number of rotatable bonds is 5. The van der Waals surface area contributed by atoms with Crippen LogP contribution in [0.3, 0.4) is 0 Å². The Bertz CT molecular complexity index is 1050. The van der Waals surface area contributed by atoms with Crippen molar-refractivity contribution < 1.29 is 9.32 Å². The largest absolute Gasteiger partial charge is 0.338 e. The van der Waals surface area contributed by atoms with Crippen molar-refractivity contribution in [3.8, 4) is 11.4 Å². The highest BCUT2D eigenvalue weighted by atomic mass is 35.5. The lowest BCUT2D eigenvalue weighted by Gasteiger charge is -2.30. The van der Waals surface area contributed by atoms with Gasteiger partial charge in [-0.25, -0.2) is 0 Å². The predicted molar refractivity (Wildman–Crippen MR) is 122 cm³/mol. The second kappa shape index (κ2) is 9.20. The lowest BCUT2D eigenvalue weighted by molar-refractivity contribution is -0.121. The van der Waals surface area contributed by atoms with Gasteiger partial charge in [0.15, 0.2) is 0 Å². The molecule has 0 atom stereocenters. The molecule has 1 aliphatic rings. The third-order valence-corrected chi connectivity index (χ3v) is 6.06. The third kappa shape index (κ3) is 5.14. The summed E-state index contributed by atoms with van der Waals surface area (Å²) in [7, 11) is 0. The number of nitrogens with zero attached hydrogens (tertiary/aromatic N) is 3.